The first kappa shape index (κ1) is 19.9. The highest BCUT2D eigenvalue weighted by Crippen LogP contribution is 2.26. The number of benzene rings is 2. The van der Waals surface area contributed by atoms with E-state index in [-0.39, 0.29) is 5.91 Å². The van der Waals surface area contributed by atoms with Crippen LogP contribution in [0.3, 0.4) is 0 Å². The van der Waals surface area contributed by atoms with Crippen molar-refractivity contribution in [3.63, 3.8) is 0 Å². The first-order valence-electron chi connectivity index (χ1n) is 10.0. The predicted octanol–water partition coefficient (Wildman–Crippen LogP) is 5.07. The molecule has 5 rings (SSSR count). The maximum absolute atomic E-state index is 13.1. The molecule has 0 saturated heterocycles. The van der Waals surface area contributed by atoms with E-state index in [1.165, 1.54) is 0 Å². The molecule has 7 heteroatoms. The number of carbonyl (C=O) groups is 1. The van der Waals surface area contributed by atoms with Gasteiger partial charge in [-0.1, -0.05) is 48.0 Å². The minimum atomic E-state index is -0.169. The maximum atomic E-state index is 13.1. The lowest BCUT2D eigenvalue weighted by atomic mass is 10.0. The molecule has 3 aromatic heterocycles. The van der Waals surface area contributed by atoms with E-state index in [0.29, 0.717) is 17.1 Å². The van der Waals surface area contributed by atoms with Gasteiger partial charge >= 0.3 is 0 Å². The van der Waals surface area contributed by atoms with Gasteiger partial charge in [0.15, 0.2) is 0 Å². The van der Waals surface area contributed by atoms with Crippen LogP contribution in [0, 0.1) is 0 Å². The Morgan fingerprint density at radius 1 is 1.03 bits per heavy atom. The number of imidazole rings is 1. The van der Waals surface area contributed by atoms with Crippen LogP contribution in [0.15, 0.2) is 91.6 Å². The number of hydrogen-bond donors (Lipinski definition) is 1. The van der Waals surface area contributed by atoms with Gasteiger partial charge < -0.3 is 5.32 Å². The quantitative estimate of drug-likeness (QED) is 0.415. The molecular weight excluding hydrogens is 422 g/mol. The molecule has 6 nitrogen and oxygen atoms in total. The zero-order valence-corrected chi connectivity index (χ0v) is 17.7. The van der Waals surface area contributed by atoms with E-state index in [2.05, 4.69) is 15.3 Å². The van der Waals surface area contributed by atoms with Crippen molar-refractivity contribution in [3.8, 4) is 17.1 Å². The number of hydrogen-bond acceptors (Lipinski definition) is 4. The van der Waals surface area contributed by atoms with Crippen LogP contribution in [0.5, 0.6) is 0 Å². The summed E-state index contributed by atoms with van der Waals surface area (Å²) in [6.45, 7) is 0.364. The van der Waals surface area contributed by atoms with E-state index in [1.54, 1.807) is 18.7 Å². The molecule has 1 N–H and O–H groups in total. The standard InChI is InChI=1S/C25H18ClN5O/c26-19-8-6-18(7-9-19)23-13-21(20-3-1-2-4-22(20)30-23)25(32)29-15-17-5-10-24(28-14-17)31-12-11-27-16-31/h1-14,16H,15H2,(H,29,32). The van der Waals surface area contributed by atoms with Crippen LogP contribution in [-0.2, 0) is 6.54 Å². The molecule has 0 aliphatic heterocycles. The van der Waals surface area contributed by atoms with E-state index in [0.717, 1.165) is 33.5 Å². The summed E-state index contributed by atoms with van der Waals surface area (Å²) in [5.41, 5.74) is 3.85. The number of fused-ring (bicyclic) bond motifs is 1. The third-order valence-electron chi connectivity index (χ3n) is 5.13. The van der Waals surface area contributed by atoms with Gasteiger partial charge in [0.05, 0.1) is 16.8 Å². The summed E-state index contributed by atoms with van der Waals surface area (Å²) in [5, 5.41) is 4.46. The zero-order valence-electron chi connectivity index (χ0n) is 16.9. The molecule has 0 aliphatic carbocycles. The minimum absolute atomic E-state index is 0.169. The number of halogens is 1. The van der Waals surface area contributed by atoms with Crippen molar-refractivity contribution in [2.45, 2.75) is 6.54 Å². The average Bonchev–Trinajstić information content (AvgIpc) is 3.38. The van der Waals surface area contributed by atoms with E-state index in [4.69, 9.17) is 16.6 Å². The SMILES string of the molecule is O=C(NCc1ccc(-n2ccnc2)nc1)c1cc(-c2ccc(Cl)cc2)nc2ccccc12. The van der Waals surface area contributed by atoms with E-state index < -0.39 is 0 Å². The Morgan fingerprint density at radius 2 is 1.88 bits per heavy atom. The Morgan fingerprint density at radius 3 is 2.62 bits per heavy atom. The lowest BCUT2D eigenvalue weighted by Crippen LogP contribution is -2.23. The fourth-order valence-corrected chi connectivity index (χ4v) is 3.60. The molecule has 2 aromatic carbocycles. The summed E-state index contributed by atoms with van der Waals surface area (Å²) in [7, 11) is 0. The summed E-state index contributed by atoms with van der Waals surface area (Å²) >= 11 is 6.02. The number of amides is 1. The van der Waals surface area contributed by atoms with Gasteiger partial charge in [0.25, 0.3) is 5.91 Å². The number of carbonyl (C=O) groups excluding carboxylic acids is 1. The minimum Gasteiger partial charge on any atom is -0.348 e. The van der Waals surface area contributed by atoms with Crippen molar-refractivity contribution < 1.29 is 4.79 Å². The fraction of sp³-hybridized carbons (Fsp3) is 0.0400. The van der Waals surface area contributed by atoms with Gasteiger partial charge in [-0.3, -0.25) is 9.36 Å². The van der Waals surface area contributed by atoms with Crippen LogP contribution < -0.4 is 5.32 Å². The molecule has 1 amide bonds. The van der Waals surface area contributed by atoms with Crippen LogP contribution in [-0.4, -0.2) is 25.4 Å². The highest BCUT2D eigenvalue weighted by atomic mass is 35.5. The third kappa shape index (κ3) is 4.08. The molecule has 0 unspecified atom stereocenters. The monoisotopic (exact) mass is 439 g/mol. The van der Waals surface area contributed by atoms with Crippen molar-refractivity contribution in [3.05, 3.63) is 108 Å². The molecule has 0 bridgehead atoms. The molecule has 0 fully saturated rings. The number of pyridine rings is 2. The summed E-state index contributed by atoms with van der Waals surface area (Å²) in [6.07, 6.45) is 6.97. The molecule has 32 heavy (non-hydrogen) atoms. The van der Waals surface area contributed by atoms with Gasteiger partial charge in [-0.25, -0.2) is 15.0 Å². The normalized spacial score (nSPS) is 10.9. The molecule has 5 aromatic rings. The van der Waals surface area contributed by atoms with Crippen LogP contribution in [0.4, 0.5) is 0 Å². The first-order valence-corrected chi connectivity index (χ1v) is 10.4. The zero-order chi connectivity index (χ0) is 21.9. The number of rotatable bonds is 5. The van der Waals surface area contributed by atoms with Crippen molar-refractivity contribution >= 4 is 28.4 Å². The van der Waals surface area contributed by atoms with Crippen molar-refractivity contribution in [2.75, 3.05) is 0 Å². The van der Waals surface area contributed by atoms with Crippen LogP contribution in [0.25, 0.3) is 28.0 Å². The largest absolute Gasteiger partial charge is 0.348 e. The van der Waals surface area contributed by atoms with Crippen LogP contribution in [0.2, 0.25) is 5.02 Å². The summed E-state index contributed by atoms with van der Waals surface area (Å²) in [5.74, 6) is 0.600. The third-order valence-corrected chi connectivity index (χ3v) is 5.38. The summed E-state index contributed by atoms with van der Waals surface area (Å²) in [4.78, 5) is 26.3. The second-order valence-corrected chi connectivity index (χ2v) is 7.69. The first-order chi connectivity index (χ1) is 15.7. The van der Waals surface area contributed by atoms with Gasteiger partial charge in [0, 0.05) is 41.1 Å². The summed E-state index contributed by atoms with van der Waals surface area (Å²) in [6, 6.07) is 20.7. The van der Waals surface area contributed by atoms with Gasteiger partial charge in [-0.15, -0.1) is 0 Å². The number of aromatic nitrogens is 4. The van der Waals surface area contributed by atoms with Crippen molar-refractivity contribution in [1.82, 2.24) is 24.8 Å². The smallest absolute Gasteiger partial charge is 0.252 e. The highest BCUT2D eigenvalue weighted by molar-refractivity contribution is 6.30. The van der Waals surface area contributed by atoms with E-state index in [1.807, 2.05) is 77.5 Å². The Balaban J connectivity index is 1.40. The fourth-order valence-electron chi connectivity index (χ4n) is 3.48. The van der Waals surface area contributed by atoms with E-state index in [9.17, 15) is 4.79 Å². The number of nitrogens with one attached hydrogen (secondary N) is 1. The second kappa shape index (κ2) is 8.61. The molecular formula is C25H18ClN5O. The lowest BCUT2D eigenvalue weighted by Gasteiger charge is -2.11. The van der Waals surface area contributed by atoms with Gasteiger partial charge in [0.1, 0.15) is 12.1 Å². The second-order valence-electron chi connectivity index (χ2n) is 7.26. The highest BCUT2D eigenvalue weighted by Gasteiger charge is 2.14. The molecule has 156 valence electrons. The number of para-hydroxylation sites is 1. The average molecular weight is 440 g/mol. The molecule has 0 spiro atoms. The van der Waals surface area contributed by atoms with Crippen molar-refractivity contribution in [2.24, 2.45) is 0 Å². The molecule has 0 radical (unpaired) electrons. The van der Waals surface area contributed by atoms with Crippen LogP contribution in [0.1, 0.15) is 15.9 Å². The molecule has 0 aliphatic rings. The molecule has 0 saturated carbocycles. The maximum Gasteiger partial charge on any atom is 0.252 e. The topological polar surface area (TPSA) is 72.7 Å². The van der Waals surface area contributed by atoms with Gasteiger partial charge in [0.2, 0.25) is 0 Å². The van der Waals surface area contributed by atoms with Crippen LogP contribution >= 0.6 is 11.6 Å². The Bertz CT molecular complexity index is 1380. The summed E-state index contributed by atoms with van der Waals surface area (Å²) < 4.78 is 1.82. The lowest BCUT2D eigenvalue weighted by molar-refractivity contribution is 0.0952. The Labute approximate surface area is 189 Å². The van der Waals surface area contributed by atoms with Gasteiger partial charge in [-0.05, 0) is 35.9 Å². The van der Waals surface area contributed by atoms with Crippen molar-refractivity contribution in [1.29, 1.82) is 0 Å². The number of nitrogens with zero attached hydrogens (tertiary/aromatic N) is 4. The van der Waals surface area contributed by atoms with Gasteiger partial charge in [-0.2, -0.15) is 0 Å². The Hall–Kier alpha value is -4.03. The Kier molecular flexibility index (Phi) is 5.35. The molecule has 3 heterocycles. The molecule has 0 atom stereocenters. The predicted molar refractivity (Wildman–Crippen MR) is 125 cm³/mol. The van der Waals surface area contributed by atoms with E-state index >= 15 is 0 Å².